The third-order valence-corrected chi connectivity index (χ3v) is 6.62. The fourth-order valence-electron chi connectivity index (χ4n) is 3.38. The molecule has 2 fully saturated rings. The van der Waals surface area contributed by atoms with Crippen molar-refractivity contribution in [2.75, 3.05) is 26.7 Å². The van der Waals surface area contributed by atoms with Gasteiger partial charge in [-0.1, -0.05) is 19.8 Å². The molecule has 3 unspecified atom stereocenters. The summed E-state index contributed by atoms with van der Waals surface area (Å²) < 4.78 is 28.2. The van der Waals surface area contributed by atoms with E-state index in [0.717, 1.165) is 38.5 Å². The summed E-state index contributed by atoms with van der Waals surface area (Å²) in [5, 5.41) is 10.0. The Hall–Kier alpha value is -0.170. The predicted molar refractivity (Wildman–Crippen MR) is 79.5 cm³/mol. The Morgan fingerprint density at radius 2 is 1.90 bits per heavy atom. The molecular weight excluding hydrogens is 276 g/mol. The Kier molecular flexibility index (Phi) is 5.45. The van der Waals surface area contributed by atoms with Gasteiger partial charge in [0.15, 0.2) is 0 Å². The number of rotatable bonds is 4. The lowest BCUT2D eigenvalue weighted by molar-refractivity contribution is 0.0611. The van der Waals surface area contributed by atoms with Crippen LogP contribution < -0.4 is 0 Å². The standard InChI is InChI=1S/C14H28N2O3S/c1-12-6-5-9-16(10-12)20(18,19)15(2)11-13-7-3-4-8-14(13)17/h12-14,17H,3-11H2,1-2H3. The Bertz CT molecular complexity index is 413. The molecule has 2 aliphatic rings. The van der Waals surface area contributed by atoms with Crippen molar-refractivity contribution in [1.82, 2.24) is 8.61 Å². The minimum absolute atomic E-state index is 0.0886. The molecule has 0 aromatic rings. The Balaban J connectivity index is 1.97. The third kappa shape index (κ3) is 3.72. The van der Waals surface area contributed by atoms with Crippen LogP contribution in [0.15, 0.2) is 0 Å². The van der Waals surface area contributed by atoms with E-state index >= 15 is 0 Å². The fraction of sp³-hybridized carbons (Fsp3) is 1.00. The van der Waals surface area contributed by atoms with E-state index < -0.39 is 10.2 Å². The summed E-state index contributed by atoms with van der Waals surface area (Å²) in [4.78, 5) is 0. The third-order valence-electron chi connectivity index (χ3n) is 4.70. The SMILES string of the molecule is CC1CCCN(S(=O)(=O)N(C)CC2CCCCC2O)C1. The molecule has 0 spiro atoms. The number of piperidine rings is 1. The topological polar surface area (TPSA) is 60.9 Å². The van der Waals surface area contributed by atoms with Crippen LogP contribution in [0.2, 0.25) is 0 Å². The second-order valence-corrected chi connectivity index (χ2v) is 8.54. The van der Waals surface area contributed by atoms with E-state index in [1.54, 1.807) is 11.4 Å². The van der Waals surface area contributed by atoms with Gasteiger partial charge in [0.05, 0.1) is 6.10 Å². The number of aliphatic hydroxyl groups is 1. The second kappa shape index (κ2) is 6.73. The molecule has 2 rings (SSSR count). The molecule has 0 amide bonds. The zero-order chi connectivity index (χ0) is 14.8. The Morgan fingerprint density at radius 1 is 1.20 bits per heavy atom. The summed E-state index contributed by atoms with van der Waals surface area (Å²) in [5.74, 6) is 0.526. The second-order valence-electron chi connectivity index (χ2n) is 6.51. The average molecular weight is 304 g/mol. The van der Waals surface area contributed by atoms with Crippen LogP contribution in [0.4, 0.5) is 0 Å². The lowest BCUT2D eigenvalue weighted by Gasteiger charge is -2.36. The van der Waals surface area contributed by atoms with E-state index in [0.29, 0.717) is 25.6 Å². The van der Waals surface area contributed by atoms with Crippen molar-refractivity contribution in [3.63, 3.8) is 0 Å². The van der Waals surface area contributed by atoms with Crippen molar-refractivity contribution in [3.05, 3.63) is 0 Å². The smallest absolute Gasteiger partial charge is 0.281 e. The van der Waals surface area contributed by atoms with Gasteiger partial charge in [-0.05, 0) is 37.5 Å². The van der Waals surface area contributed by atoms with Crippen molar-refractivity contribution < 1.29 is 13.5 Å². The normalized spacial score (nSPS) is 33.5. The van der Waals surface area contributed by atoms with Crippen molar-refractivity contribution in [2.45, 2.75) is 51.6 Å². The predicted octanol–water partition coefficient (Wildman–Crippen LogP) is 1.45. The zero-order valence-electron chi connectivity index (χ0n) is 12.7. The van der Waals surface area contributed by atoms with Crippen LogP contribution in [0.5, 0.6) is 0 Å². The molecule has 0 aromatic carbocycles. The van der Waals surface area contributed by atoms with E-state index in [1.165, 1.54) is 4.31 Å². The summed E-state index contributed by atoms with van der Waals surface area (Å²) in [6.07, 6.45) is 5.59. The first kappa shape index (κ1) is 16.2. The van der Waals surface area contributed by atoms with E-state index in [1.807, 2.05) is 0 Å². The van der Waals surface area contributed by atoms with E-state index in [4.69, 9.17) is 0 Å². The van der Waals surface area contributed by atoms with Gasteiger partial charge in [0.1, 0.15) is 0 Å². The number of hydrogen-bond acceptors (Lipinski definition) is 3. The maximum Gasteiger partial charge on any atom is 0.281 e. The van der Waals surface area contributed by atoms with Crippen molar-refractivity contribution >= 4 is 10.2 Å². The van der Waals surface area contributed by atoms with Crippen LogP contribution in [0.1, 0.15) is 45.4 Å². The van der Waals surface area contributed by atoms with Crippen LogP contribution in [0.3, 0.4) is 0 Å². The molecule has 20 heavy (non-hydrogen) atoms. The summed E-state index contributed by atoms with van der Waals surface area (Å²) in [5.41, 5.74) is 0. The monoisotopic (exact) mass is 304 g/mol. The average Bonchev–Trinajstić information content (AvgIpc) is 2.41. The molecule has 1 saturated carbocycles. The number of hydrogen-bond donors (Lipinski definition) is 1. The molecule has 0 aromatic heterocycles. The molecule has 1 saturated heterocycles. The molecule has 6 heteroatoms. The molecule has 3 atom stereocenters. The largest absolute Gasteiger partial charge is 0.393 e. The summed E-state index contributed by atoms with van der Waals surface area (Å²) in [6.45, 7) is 3.80. The van der Waals surface area contributed by atoms with Gasteiger partial charge in [0, 0.05) is 26.7 Å². The lowest BCUT2D eigenvalue weighted by Crippen LogP contribution is -2.48. The minimum Gasteiger partial charge on any atom is -0.393 e. The first-order valence-electron chi connectivity index (χ1n) is 7.80. The van der Waals surface area contributed by atoms with Gasteiger partial charge in [0.2, 0.25) is 0 Å². The van der Waals surface area contributed by atoms with E-state index in [-0.39, 0.29) is 12.0 Å². The molecule has 1 aliphatic heterocycles. The lowest BCUT2D eigenvalue weighted by atomic mass is 9.86. The molecule has 5 nitrogen and oxygen atoms in total. The van der Waals surface area contributed by atoms with E-state index in [2.05, 4.69) is 6.92 Å². The van der Waals surface area contributed by atoms with Gasteiger partial charge in [-0.25, -0.2) is 0 Å². The number of nitrogens with zero attached hydrogens (tertiary/aromatic N) is 2. The highest BCUT2D eigenvalue weighted by atomic mass is 32.2. The molecule has 1 aliphatic carbocycles. The molecule has 118 valence electrons. The van der Waals surface area contributed by atoms with Crippen LogP contribution in [-0.4, -0.2) is 54.9 Å². The first-order chi connectivity index (χ1) is 9.41. The summed E-state index contributed by atoms with van der Waals surface area (Å²) in [7, 11) is -1.71. The Labute approximate surface area is 123 Å². The van der Waals surface area contributed by atoms with Crippen LogP contribution in [-0.2, 0) is 10.2 Å². The highest BCUT2D eigenvalue weighted by molar-refractivity contribution is 7.86. The van der Waals surface area contributed by atoms with E-state index in [9.17, 15) is 13.5 Å². The maximum absolute atomic E-state index is 12.6. The van der Waals surface area contributed by atoms with Gasteiger partial charge in [-0.15, -0.1) is 0 Å². The fourth-order valence-corrected chi connectivity index (χ4v) is 4.96. The van der Waals surface area contributed by atoms with Crippen LogP contribution in [0.25, 0.3) is 0 Å². The van der Waals surface area contributed by atoms with Crippen LogP contribution in [0, 0.1) is 11.8 Å². The molecule has 0 radical (unpaired) electrons. The summed E-state index contributed by atoms with van der Waals surface area (Å²) in [6, 6.07) is 0. The molecule has 0 bridgehead atoms. The number of aliphatic hydroxyl groups excluding tert-OH is 1. The molecular formula is C14H28N2O3S. The van der Waals surface area contributed by atoms with Gasteiger partial charge in [-0.2, -0.15) is 17.0 Å². The molecule has 1 heterocycles. The van der Waals surface area contributed by atoms with Crippen molar-refractivity contribution in [2.24, 2.45) is 11.8 Å². The Morgan fingerprint density at radius 3 is 2.55 bits per heavy atom. The zero-order valence-corrected chi connectivity index (χ0v) is 13.5. The van der Waals surface area contributed by atoms with Crippen molar-refractivity contribution in [1.29, 1.82) is 0 Å². The molecule has 1 N–H and O–H groups in total. The highest BCUT2D eigenvalue weighted by Gasteiger charge is 2.33. The van der Waals surface area contributed by atoms with Gasteiger partial charge >= 0.3 is 0 Å². The quantitative estimate of drug-likeness (QED) is 0.855. The minimum atomic E-state index is -3.36. The highest BCUT2D eigenvalue weighted by Crippen LogP contribution is 2.27. The van der Waals surface area contributed by atoms with Gasteiger partial charge < -0.3 is 5.11 Å². The summed E-state index contributed by atoms with van der Waals surface area (Å²) >= 11 is 0. The first-order valence-corrected chi connectivity index (χ1v) is 9.20. The van der Waals surface area contributed by atoms with Gasteiger partial charge in [0.25, 0.3) is 10.2 Å². The maximum atomic E-state index is 12.6. The van der Waals surface area contributed by atoms with Gasteiger partial charge in [-0.3, -0.25) is 0 Å². The van der Waals surface area contributed by atoms with Crippen LogP contribution >= 0.6 is 0 Å². The van der Waals surface area contributed by atoms with Crippen molar-refractivity contribution in [3.8, 4) is 0 Å².